The van der Waals surface area contributed by atoms with Crippen LogP contribution in [0.3, 0.4) is 0 Å². The maximum absolute atomic E-state index is 12.4. The molecule has 0 amide bonds. The van der Waals surface area contributed by atoms with Crippen molar-refractivity contribution in [2.24, 2.45) is 0 Å². The Bertz CT molecular complexity index is 582. The number of nitrogens with two attached hydrogens (primary N) is 1. The topological polar surface area (TPSA) is 81.4 Å². The number of nitrogen functional groups attached to an aromatic ring is 1. The molecule has 1 aliphatic carbocycles. The molecule has 0 radical (unpaired) electrons. The standard InChI is InChI=1S/C13H18N2O3S/c1-18-12-8-7-10(14)9-13(12)19(16,17)15-11-5-3-2-4-6-11/h2-3,7-9,11,15H,4-6,14H2,1H3. The van der Waals surface area contributed by atoms with Crippen molar-refractivity contribution in [2.75, 3.05) is 12.8 Å². The van der Waals surface area contributed by atoms with Crippen LogP contribution in [0.15, 0.2) is 35.2 Å². The second-order valence-corrected chi connectivity index (χ2v) is 6.20. The monoisotopic (exact) mass is 282 g/mol. The first-order chi connectivity index (χ1) is 9.03. The molecule has 0 spiro atoms. The van der Waals surface area contributed by atoms with Gasteiger partial charge in [-0.15, -0.1) is 0 Å². The van der Waals surface area contributed by atoms with Crippen LogP contribution in [0.5, 0.6) is 5.75 Å². The smallest absolute Gasteiger partial charge is 0.244 e. The van der Waals surface area contributed by atoms with Crippen molar-refractivity contribution in [1.82, 2.24) is 4.72 Å². The van der Waals surface area contributed by atoms with Crippen LogP contribution in [-0.2, 0) is 10.0 Å². The largest absolute Gasteiger partial charge is 0.495 e. The average Bonchev–Trinajstić information content (AvgIpc) is 2.39. The number of hydrogen-bond acceptors (Lipinski definition) is 4. The van der Waals surface area contributed by atoms with Gasteiger partial charge in [0.1, 0.15) is 10.6 Å². The number of hydrogen-bond donors (Lipinski definition) is 2. The Morgan fingerprint density at radius 2 is 2.16 bits per heavy atom. The second-order valence-electron chi connectivity index (χ2n) is 4.51. The lowest BCUT2D eigenvalue weighted by Crippen LogP contribution is -2.35. The van der Waals surface area contributed by atoms with E-state index in [1.807, 2.05) is 6.08 Å². The number of rotatable bonds is 4. The van der Waals surface area contributed by atoms with Crippen molar-refractivity contribution >= 4 is 15.7 Å². The van der Waals surface area contributed by atoms with E-state index in [-0.39, 0.29) is 10.9 Å². The Hall–Kier alpha value is -1.53. The van der Waals surface area contributed by atoms with Crippen molar-refractivity contribution in [1.29, 1.82) is 0 Å². The lowest BCUT2D eigenvalue weighted by molar-refractivity contribution is 0.402. The Kier molecular flexibility index (Phi) is 4.11. The summed E-state index contributed by atoms with van der Waals surface area (Å²) in [5, 5.41) is 0. The van der Waals surface area contributed by atoms with Crippen molar-refractivity contribution in [2.45, 2.75) is 30.2 Å². The first-order valence-corrected chi connectivity index (χ1v) is 7.62. The Balaban J connectivity index is 2.28. The first kappa shape index (κ1) is 13.9. The minimum absolute atomic E-state index is 0.0684. The number of nitrogens with one attached hydrogen (secondary N) is 1. The highest BCUT2D eigenvalue weighted by Gasteiger charge is 2.23. The van der Waals surface area contributed by atoms with E-state index in [0.717, 1.165) is 12.8 Å². The molecule has 0 bridgehead atoms. The number of benzene rings is 1. The lowest BCUT2D eigenvalue weighted by Gasteiger charge is -2.20. The molecule has 104 valence electrons. The maximum Gasteiger partial charge on any atom is 0.244 e. The van der Waals surface area contributed by atoms with Gasteiger partial charge in [0, 0.05) is 11.7 Å². The Morgan fingerprint density at radius 1 is 1.37 bits per heavy atom. The number of anilines is 1. The number of allylic oxidation sites excluding steroid dienone is 1. The number of ether oxygens (including phenoxy) is 1. The highest BCUT2D eigenvalue weighted by molar-refractivity contribution is 7.89. The van der Waals surface area contributed by atoms with Gasteiger partial charge in [-0.05, 0) is 37.5 Å². The molecule has 0 aromatic heterocycles. The zero-order chi connectivity index (χ0) is 13.9. The molecule has 1 atom stereocenters. The highest BCUT2D eigenvalue weighted by atomic mass is 32.2. The molecule has 0 heterocycles. The molecule has 1 unspecified atom stereocenters. The number of sulfonamides is 1. The van der Waals surface area contributed by atoms with Crippen LogP contribution >= 0.6 is 0 Å². The summed E-state index contributed by atoms with van der Waals surface area (Å²) in [6.07, 6.45) is 6.46. The van der Waals surface area contributed by atoms with E-state index < -0.39 is 10.0 Å². The molecule has 0 aliphatic heterocycles. The van der Waals surface area contributed by atoms with E-state index in [0.29, 0.717) is 17.9 Å². The normalized spacial score (nSPS) is 19.3. The van der Waals surface area contributed by atoms with E-state index in [2.05, 4.69) is 10.8 Å². The van der Waals surface area contributed by atoms with Crippen LogP contribution in [0.4, 0.5) is 5.69 Å². The van der Waals surface area contributed by atoms with Gasteiger partial charge in [0.25, 0.3) is 0 Å². The molecule has 1 aromatic rings. The predicted molar refractivity (Wildman–Crippen MR) is 74.5 cm³/mol. The van der Waals surface area contributed by atoms with Gasteiger partial charge in [-0.2, -0.15) is 0 Å². The molecule has 0 fully saturated rings. The van der Waals surface area contributed by atoms with Crippen LogP contribution in [0.1, 0.15) is 19.3 Å². The van der Waals surface area contributed by atoms with Gasteiger partial charge in [-0.1, -0.05) is 12.2 Å². The molecule has 2 rings (SSSR count). The third-order valence-corrected chi connectivity index (χ3v) is 4.61. The fourth-order valence-electron chi connectivity index (χ4n) is 2.09. The zero-order valence-corrected chi connectivity index (χ0v) is 11.6. The summed E-state index contributed by atoms with van der Waals surface area (Å²) in [5.74, 6) is 0.299. The summed E-state index contributed by atoms with van der Waals surface area (Å²) in [5.41, 5.74) is 6.05. The zero-order valence-electron chi connectivity index (χ0n) is 10.8. The molecular formula is C13H18N2O3S. The third kappa shape index (κ3) is 3.27. The lowest BCUT2D eigenvalue weighted by atomic mass is 10.0. The average molecular weight is 282 g/mol. The molecule has 0 saturated carbocycles. The quantitative estimate of drug-likeness (QED) is 0.650. The van der Waals surface area contributed by atoms with Gasteiger partial charge >= 0.3 is 0 Å². The van der Waals surface area contributed by atoms with Gasteiger partial charge in [0.05, 0.1) is 7.11 Å². The summed E-state index contributed by atoms with van der Waals surface area (Å²) in [7, 11) is -2.18. The van der Waals surface area contributed by atoms with Crippen molar-refractivity contribution in [3.63, 3.8) is 0 Å². The fourth-order valence-corrected chi connectivity index (χ4v) is 3.57. The summed E-state index contributed by atoms with van der Waals surface area (Å²) in [4.78, 5) is 0.0875. The molecule has 5 nitrogen and oxygen atoms in total. The highest BCUT2D eigenvalue weighted by Crippen LogP contribution is 2.26. The Labute approximate surface area is 113 Å². The van der Waals surface area contributed by atoms with E-state index >= 15 is 0 Å². The molecule has 6 heteroatoms. The van der Waals surface area contributed by atoms with E-state index in [9.17, 15) is 8.42 Å². The SMILES string of the molecule is COc1ccc(N)cc1S(=O)(=O)NC1CC=CCC1. The van der Waals surface area contributed by atoms with E-state index in [4.69, 9.17) is 10.5 Å². The van der Waals surface area contributed by atoms with Gasteiger partial charge in [-0.25, -0.2) is 13.1 Å². The second kappa shape index (κ2) is 5.63. The van der Waals surface area contributed by atoms with Crippen molar-refractivity contribution in [3.8, 4) is 5.75 Å². The molecule has 1 aromatic carbocycles. The van der Waals surface area contributed by atoms with Crippen LogP contribution in [0.25, 0.3) is 0 Å². The molecule has 1 aliphatic rings. The first-order valence-electron chi connectivity index (χ1n) is 6.14. The van der Waals surface area contributed by atoms with Crippen molar-refractivity contribution < 1.29 is 13.2 Å². The van der Waals surface area contributed by atoms with Crippen LogP contribution in [0.2, 0.25) is 0 Å². The number of methoxy groups -OCH3 is 1. The van der Waals surface area contributed by atoms with Crippen molar-refractivity contribution in [3.05, 3.63) is 30.4 Å². The third-order valence-electron chi connectivity index (χ3n) is 3.07. The summed E-state index contributed by atoms with van der Waals surface area (Å²) in [6, 6.07) is 4.52. The van der Waals surface area contributed by atoms with E-state index in [1.54, 1.807) is 12.1 Å². The van der Waals surface area contributed by atoms with E-state index in [1.165, 1.54) is 13.2 Å². The minimum atomic E-state index is -3.61. The summed E-state index contributed by atoms with van der Waals surface area (Å²) < 4.78 is 32.5. The van der Waals surface area contributed by atoms with Crippen LogP contribution in [0, 0.1) is 0 Å². The van der Waals surface area contributed by atoms with Gasteiger partial charge < -0.3 is 10.5 Å². The summed E-state index contributed by atoms with van der Waals surface area (Å²) >= 11 is 0. The minimum Gasteiger partial charge on any atom is -0.495 e. The molecule has 3 N–H and O–H groups in total. The van der Waals surface area contributed by atoms with Gasteiger partial charge in [-0.3, -0.25) is 0 Å². The fraction of sp³-hybridized carbons (Fsp3) is 0.385. The van der Waals surface area contributed by atoms with Crippen LogP contribution < -0.4 is 15.2 Å². The van der Waals surface area contributed by atoms with Gasteiger partial charge in [0.2, 0.25) is 10.0 Å². The molecular weight excluding hydrogens is 264 g/mol. The summed E-state index contributed by atoms with van der Waals surface area (Å²) in [6.45, 7) is 0. The van der Waals surface area contributed by atoms with Gasteiger partial charge in [0.15, 0.2) is 0 Å². The molecule has 0 saturated heterocycles. The van der Waals surface area contributed by atoms with Crippen LogP contribution in [-0.4, -0.2) is 21.6 Å². The Morgan fingerprint density at radius 3 is 2.79 bits per heavy atom. The molecule has 19 heavy (non-hydrogen) atoms. The maximum atomic E-state index is 12.4. The predicted octanol–water partition coefficient (Wildman–Crippen LogP) is 1.66.